The van der Waals surface area contributed by atoms with E-state index in [4.69, 9.17) is 5.11 Å². The highest BCUT2D eigenvalue weighted by atomic mass is 32.2. The third-order valence-corrected chi connectivity index (χ3v) is 4.37. The molecule has 1 fully saturated rings. The van der Waals surface area contributed by atoms with E-state index in [2.05, 4.69) is 4.72 Å². The number of rotatable bonds is 6. The Labute approximate surface area is 92.1 Å². The highest BCUT2D eigenvalue weighted by molar-refractivity contribution is 7.89. The molecule has 0 radical (unpaired) electrons. The van der Waals surface area contributed by atoms with Crippen molar-refractivity contribution in [3.05, 3.63) is 0 Å². The second-order valence-electron chi connectivity index (χ2n) is 4.46. The standard InChI is InChI=1S/C10H21NO3S/c1-9(12)6-7-11-15(13,14)8-10-4-2-3-5-10/h9-12H,2-8H2,1H3. The van der Waals surface area contributed by atoms with E-state index < -0.39 is 16.1 Å². The SMILES string of the molecule is CC(O)CCNS(=O)(=O)CC1CCCC1. The molecule has 1 aliphatic rings. The molecule has 4 nitrogen and oxygen atoms in total. The van der Waals surface area contributed by atoms with E-state index in [1.54, 1.807) is 6.92 Å². The number of hydrogen-bond donors (Lipinski definition) is 2. The van der Waals surface area contributed by atoms with Crippen molar-refractivity contribution in [2.75, 3.05) is 12.3 Å². The first kappa shape index (κ1) is 12.9. The highest BCUT2D eigenvalue weighted by Gasteiger charge is 2.21. The zero-order valence-corrected chi connectivity index (χ0v) is 10.1. The summed E-state index contributed by atoms with van der Waals surface area (Å²) in [5, 5.41) is 9.00. The van der Waals surface area contributed by atoms with Gasteiger partial charge in [0, 0.05) is 6.54 Å². The maximum atomic E-state index is 11.6. The fraction of sp³-hybridized carbons (Fsp3) is 1.00. The maximum Gasteiger partial charge on any atom is 0.211 e. The van der Waals surface area contributed by atoms with Crippen molar-refractivity contribution in [2.24, 2.45) is 5.92 Å². The summed E-state index contributed by atoms with van der Waals surface area (Å²) in [6, 6.07) is 0. The molecule has 1 saturated carbocycles. The van der Waals surface area contributed by atoms with E-state index in [1.165, 1.54) is 0 Å². The van der Waals surface area contributed by atoms with Gasteiger partial charge in [0.1, 0.15) is 0 Å². The molecule has 0 aromatic carbocycles. The number of nitrogens with one attached hydrogen (secondary N) is 1. The lowest BCUT2D eigenvalue weighted by Gasteiger charge is -2.11. The molecule has 15 heavy (non-hydrogen) atoms. The molecule has 1 atom stereocenters. The van der Waals surface area contributed by atoms with Crippen LogP contribution in [0.5, 0.6) is 0 Å². The Morgan fingerprint density at radius 2 is 2.00 bits per heavy atom. The second kappa shape index (κ2) is 5.82. The minimum Gasteiger partial charge on any atom is -0.393 e. The Hall–Kier alpha value is -0.130. The van der Waals surface area contributed by atoms with Crippen LogP contribution in [0, 0.1) is 5.92 Å². The molecule has 0 bridgehead atoms. The quantitative estimate of drug-likeness (QED) is 0.718. The lowest BCUT2D eigenvalue weighted by molar-refractivity contribution is 0.186. The Balaban J connectivity index is 2.25. The molecule has 0 spiro atoms. The van der Waals surface area contributed by atoms with Crippen molar-refractivity contribution in [1.82, 2.24) is 4.72 Å². The van der Waals surface area contributed by atoms with Crippen LogP contribution in [0.1, 0.15) is 39.0 Å². The summed E-state index contributed by atoms with van der Waals surface area (Å²) in [6.45, 7) is 2.00. The topological polar surface area (TPSA) is 66.4 Å². The summed E-state index contributed by atoms with van der Waals surface area (Å²) >= 11 is 0. The molecule has 0 aromatic rings. The Kier molecular flexibility index (Phi) is 5.02. The Bertz CT molecular complexity index is 268. The number of aliphatic hydroxyl groups is 1. The van der Waals surface area contributed by atoms with E-state index in [9.17, 15) is 8.42 Å². The molecule has 90 valence electrons. The lowest BCUT2D eigenvalue weighted by atomic mass is 10.1. The van der Waals surface area contributed by atoms with Gasteiger partial charge in [0.2, 0.25) is 10.0 Å². The predicted octanol–water partition coefficient (Wildman–Crippen LogP) is 0.867. The van der Waals surface area contributed by atoms with E-state index >= 15 is 0 Å². The first-order valence-corrected chi connectivity index (χ1v) is 7.30. The minimum absolute atomic E-state index is 0.257. The normalized spacial score (nSPS) is 20.7. The van der Waals surface area contributed by atoms with Crippen LogP contribution in [-0.4, -0.2) is 31.9 Å². The zero-order valence-electron chi connectivity index (χ0n) is 9.28. The lowest BCUT2D eigenvalue weighted by Crippen LogP contribution is -2.31. The van der Waals surface area contributed by atoms with Crippen LogP contribution in [0.15, 0.2) is 0 Å². The number of aliphatic hydroxyl groups excluding tert-OH is 1. The van der Waals surface area contributed by atoms with Gasteiger partial charge in [-0.05, 0) is 32.1 Å². The monoisotopic (exact) mass is 235 g/mol. The molecule has 1 unspecified atom stereocenters. The van der Waals surface area contributed by atoms with Gasteiger partial charge in [-0.25, -0.2) is 13.1 Å². The summed E-state index contributed by atoms with van der Waals surface area (Å²) in [7, 11) is -3.12. The van der Waals surface area contributed by atoms with Gasteiger partial charge in [0.15, 0.2) is 0 Å². The van der Waals surface area contributed by atoms with E-state index in [1.807, 2.05) is 0 Å². The maximum absolute atomic E-state index is 11.6. The van der Waals surface area contributed by atoms with E-state index in [0.717, 1.165) is 25.7 Å². The molecule has 1 rings (SSSR count). The number of hydrogen-bond acceptors (Lipinski definition) is 3. The van der Waals surface area contributed by atoms with Crippen molar-refractivity contribution in [2.45, 2.75) is 45.1 Å². The van der Waals surface area contributed by atoms with Crippen molar-refractivity contribution in [1.29, 1.82) is 0 Å². The van der Waals surface area contributed by atoms with Crippen molar-refractivity contribution >= 4 is 10.0 Å². The van der Waals surface area contributed by atoms with Crippen LogP contribution in [-0.2, 0) is 10.0 Å². The Morgan fingerprint density at radius 1 is 1.40 bits per heavy atom. The van der Waals surface area contributed by atoms with Crippen LogP contribution in [0.25, 0.3) is 0 Å². The first-order chi connectivity index (χ1) is 6.99. The van der Waals surface area contributed by atoms with Crippen LogP contribution in [0.3, 0.4) is 0 Å². The van der Waals surface area contributed by atoms with Crippen LogP contribution in [0.4, 0.5) is 0 Å². The van der Waals surface area contributed by atoms with Gasteiger partial charge < -0.3 is 5.11 Å². The summed E-state index contributed by atoms with van der Waals surface area (Å²) in [6.07, 6.45) is 4.43. The van der Waals surface area contributed by atoms with Crippen molar-refractivity contribution in [3.63, 3.8) is 0 Å². The minimum atomic E-state index is -3.12. The van der Waals surface area contributed by atoms with Crippen LogP contribution in [0.2, 0.25) is 0 Å². The fourth-order valence-electron chi connectivity index (χ4n) is 1.97. The third kappa shape index (κ3) is 5.49. The molecule has 0 aromatic heterocycles. The van der Waals surface area contributed by atoms with Gasteiger partial charge in [0.25, 0.3) is 0 Å². The molecule has 0 amide bonds. The van der Waals surface area contributed by atoms with Gasteiger partial charge in [0.05, 0.1) is 11.9 Å². The van der Waals surface area contributed by atoms with Gasteiger partial charge >= 0.3 is 0 Å². The summed E-state index contributed by atoms with van der Waals surface area (Å²) < 4.78 is 25.7. The highest BCUT2D eigenvalue weighted by Crippen LogP contribution is 2.25. The zero-order chi connectivity index (χ0) is 11.3. The summed E-state index contributed by atoms with van der Waals surface area (Å²) in [5.74, 6) is 0.598. The Morgan fingerprint density at radius 3 is 2.53 bits per heavy atom. The van der Waals surface area contributed by atoms with Crippen LogP contribution < -0.4 is 4.72 Å². The van der Waals surface area contributed by atoms with Crippen molar-refractivity contribution in [3.8, 4) is 0 Å². The smallest absolute Gasteiger partial charge is 0.211 e. The summed E-state index contributed by atoms with van der Waals surface area (Å²) in [4.78, 5) is 0. The largest absolute Gasteiger partial charge is 0.393 e. The molecule has 0 aliphatic heterocycles. The van der Waals surface area contributed by atoms with Gasteiger partial charge in [-0.3, -0.25) is 0 Å². The molecule has 2 N–H and O–H groups in total. The van der Waals surface area contributed by atoms with E-state index in [-0.39, 0.29) is 5.75 Å². The predicted molar refractivity (Wildman–Crippen MR) is 60.0 cm³/mol. The molecule has 5 heteroatoms. The van der Waals surface area contributed by atoms with Gasteiger partial charge in [-0.15, -0.1) is 0 Å². The molecular formula is C10H21NO3S. The molecule has 1 aliphatic carbocycles. The fourth-order valence-corrected chi connectivity index (χ4v) is 3.47. The third-order valence-electron chi connectivity index (χ3n) is 2.81. The first-order valence-electron chi connectivity index (χ1n) is 5.65. The van der Waals surface area contributed by atoms with Crippen LogP contribution >= 0.6 is 0 Å². The average Bonchev–Trinajstić information content (AvgIpc) is 2.54. The molecular weight excluding hydrogens is 214 g/mol. The second-order valence-corrected chi connectivity index (χ2v) is 6.32. The van der Waals surface area contributed by atoms with Crippen molar-refractivity contribution < 1.29 is 13.5 Å². The molecule has 0 heterocycles. The van der Waals surface area contributed by atoms with Gasteiger partial charge in [-0.1, -0.05) is 12.8 Å². The molecule has 0 saturated heterocycles. The van der Waals surface area contributed by atoms with E-state index in [0.29, 0.717) is 18.9 Å². The van der Waals surface area contributed by atoms with Gasteiger partial charge in [-0.2, -0.15) is 0 Å². The average molecular weight is 235 g/mol. The summed E-state index contributed by atoms with van der Waals surface area (Å²) in [5.41, 5.74) is 0. The number of sulfonamides is 1.